The van der Waals surface area contributed by atoms with Gasteiger partial charge in [-0.25, -0.2) is 4.98 Å². The number of halogens is 1. The van der Waals surface area contributed by atoms with E-state index in [-0.39, 0.29) is 18.6 Å². The first-order valence-corrected chi connectivity index (χ1v) is 10.4. The molecule has 1 saturated heterocycles. The minimum atomic E-state index is -0.556. The highest BCUT2D eigenvalue weighted by Gasteiger charge is 2.19. The smallest absolute Gasteiger partial charge is 0.253 e. The number of aromatic nitrogens is 3. The summed E-state index contributed by atoms with van der Waals surface area (Å²) in [6, 6.07) is 8.41. The van der Waals surface area contributed by atoms with Gasteiger partial charge >= 0.3 is 0 Å². The van der Waals surface area contributed by atoms with E-state index in [9.17, 15) is 9.90 Å². The fraction of sp³-hybridized carbons (Fsp3) is 0.318. The summed E-state index contributed by atoms with van der Waals surface area (Å²) in [4.78, 5) is 21.7. The molecular weight excluding hydrogens is 418 g/mol. The van der Waals surface area contributed by atoms with Gasteiger partial charge in [-0.2, -0.15) is 4.98 Å². The van der Waals surface area contributed by atoms with Crippen LogP contribution < -0.4 is 10.6 Å². The highest BCUT2D eigenvalue weighted by atomic mass is 35.5. The maximum atomic E-state index is 12.8. The lowest BCUT2D eigenvalue weighted by Gasteiger charge is -2.16. The number of hydrogen-bond acceptors (Lipinski definition) is 6. The van der Waals surface area contributed by atoms with Crippen LogP contribution >= 0.6 is 11.6 Å². The number of amides is 1. The molecule has 0 saturated carbocycles. The third kappa shape index (κ3) is 5.04. The van der Waals surface area contributed by atoms with Crippen LogP contribution in [0.25, 0.3) is 5.82 Å². The molecule has 31 heavy (non-hydrogen) atoms. The van der Waals surface area contributed by atoms with E-state index in [1.54, 1.807) is 47.4 Å². The predicted molar refractivity (Wildman–Crippen MR) is 118 cm³/mol. The van der Waals surface area contributed by atoms with Crippen LogP contribution in [-0.4, -0.2) is 51.4 Å². The van der Waals surface area contributed by atoms with Crippen LogP contribution in [0.5, 0.6) is 0 Å². The molecule has 1 aliphatic heterocycles. The third-order valence-corrected chi connectivity index (χ3v) is 5.38. The largest absolute Gasteiger partial charge is 0.394 e. The average Bonchev–Trinajstić information content (AvgIpc) is 3.45. The number of rotatable bonds is 7. The Morgan fingerprint density at radius 3 is 3.03 bits per heavy atom. The number of aryl methyl sites for hydroxylation is 1. The number of aliphatic hydroxyl groups is 1. The standard InChI is InChI=1S/C22H24ClN5O3/c1-14-10-24-22(25-18-6-8-31-13-18)27-20(14)28-7-5-16(11-28)21(30)26-19(12-29)15-3-2-4-17(23)9-15/h2-5,7,9-11,18-19,29H,6,8,12-13H2,1H3,(H,26,30)(H,24,25,27). The van der Waals surface area contributed by atoms with Crippen molar-refractivity contribution in [3.63, 3.8) is 0 Å². The summed E-state index contributed by atoms with van der Waals surface area (Å²) in [5.74, 6) is 0.909. The Morgan fingerprint density at radius 2 is 2.29 bits per heavy atom. The van der Waals surface area contributed by atoms with Gasteiger partial charge in [0.1, 0.15) is 5.82 Å². The Labute approximate surface area is 185 Å². The number of anilines is 1. The van der Waals surface area contributed by atoms with Crippen molar-refractivity contribution in [3.05, 3.63) is 70.6 Å². The Kier molecular flexibility index (Phi) is 6.50. The second-order valence-corrected chi connectivity index (χ2v) is 7.91. The number of aliphatic hydroxyl groups excluding tert-OH is 1. The molecule has 2 unspecified atom stereocenters. The molecule has 9 heteroatoms. The van der Waals surface area contributed by atoms with E-state index in [0.29, 0.717) is 29.0 Å². The molecule has 3 aromatic rings. The maximum absolute atomic E-state index is 12.8. The Hall–Kier alpha value is -2.94. The van der Waals surface area contributed by atoms with Gasteiger partial charge in [-0.15, -0.1) is 0 Å². The molecule has 0 radical (unpaired) electrons. The Balaban J connectivity index is 1.50. The van der Waals surface area contributed by atoms with Crippen molar-refractivity contribution in [2.75, 3.05) is 25.1 Å². The predicted octanol–water partition coefficient (Wildman–Crippen LogP) is 2.89. The molecule has 1 aromatic carbocycles. The van der Waals surface area contributed by atoms with Crippen molar-refractivity contribution in [2.45, 2.75) is 25.4 Å². The molecule has 1 amide bonds. The van der Waals surface area contributed by atoms with E-state index in [1.807, 2.05) is 13.0 Å². The second-order valence-electron chi connectivity index (χ2n) is 7.48. The van der Waals surface area contributed by atoms with Gasteiger partial charge in [-0.1, -0.05) is 23.7 Å². The lowest BCUT2D eigenvalue weighted by Crippen LogP contribution is -2.30. The van der Waals surface area contributed by atoms with E-state index in [4.69, 9.17) is 16.3 Å². The monoisotopic (exact) mass is 441 g/mol. The molecule has 0 spiro atoms. The van der Waals surface area contributed by atoms with Crippen molar-refractivity contribution in [1.29, 1.82) is 0 Å². The van der Waals surface area contributed by atoms with Crippen LogP contribution in [0.4, 0.5) is 5.95 Å². The summed E-state index contributed by atoms with van der Waals surface area (Å²) in [5, 5.41) is 16.4. The van der Waals surface area contributed by atoms with Crippen LogP contribution in [0.2, 0.25) is 5.02 Å². The van der Waals surface area contributed by atoms with Crippen molar-refractivity contribution < 1.29 is 14.6 Å². The van der Waals surface area contributed by atoms with Crippen LogP contribution in [0.1, 0.15) is 33.9 Å². The summed E-state index contributed by atoms with van der Waals surface area (Å²) in [5.41, 5.74) is 2.07. The zero-order chi connectivity index (χ0) is 21.8. The summed E-state index contributed by atoms with van der Waals surface area (Å²) >= 11 is 6.03. The van der Waals surface area contributed by atoms with Crippen LogP contribution in [0, 0.1) is 6.92 Å². The molecule has 1 aliphatic rings. The van der Waals surface area contributed by atoms with Gasteiger partial charge < -0.3 is 25.0 Å². The van der Waals surface area contributed by atoms with E-state index >= 15 is 0 Å². The minimum Gasteiger partial charge on any atom is -0.394 e. The van der Waals surface area contributed by atoms with Crippen LogP contribution in [0.15, 0.2) is 48.9 Å². The number of carbonyl (C=O) groups is 1. The van der Waals surface area contributed by atoms with Crippen molar-refractivity contribution >= 4 is 23.5 Å². The molecule has 162 valence electrons. The van der Waals surface area contributed by atoms with Gasteiger partial charge in [0.15, 0.2) is 0 Å². The summed E-state index contributed by atoms with van der Waals surface area (Å²) in [7, 11) is 0. The number of ether oxygens (including phenoxy) is 1. The van der Waals surface area contributed by atoms with Gasteiger partial charge in [0.05, 0.1) is 30.9 Å². The van der Waals surface area contributed by atoms with Crippen molar-refractivity contribution in [3.8, 4) is 5.82 Å². The molecule has 2 atom stereocenters. The Morgan fingerprint density at radius 1 is 1.42 bits per heavy atom. The van der Waals surface area contributed by atoms with E-state index in [0.717, 1.165) is 24.2 Å². The number of hydrogen-bond donors (Lipinski definition) is 3. The van der Waals surface area contributed by atoms with Crippen molar-refractivity contribution in [2.24, 2.45) is 0 Å². The summed E-state index contributed by atoms with van der Waals surface area (Å²) in [6.07, 6.45) is 6.15. The normalized spacial score (nSPS) is 16.8. The zero-order valence-electron chi connectivity index (χ0n) is 17.1. The molecule has 1 fully saturated rings. The molecule has 8 nitrogen and oxygen atoms in total. The number of benzene rings is 1. The fourth-order valence-corrected chi connectivity index (χ4v) is 3.66. The molecule has 3 heterocycles. The summed E-state index contributed by atoms with van der Waals surface area (Å²) in [6.45, 7) is 3.05. The highest BCUT2D eigenvalue weighted by molar-refractivity contribution is 6.30. The first-order valence-electron chi connectivity index (χ1n) is 10.1. The van der Waals surface area contributed by atoms with Gasteiger partial charge in [-0.3, -0.25) is 4.79 Å². The van der Waals surface area contributed by atoms with Gasteiger partial charge in [0.2, 0.25) is 5.95 Å². The SMILES string of the molecule is Cc1cnc(NC2CCOC2)nc1-n1ccc(C(=O)NC(CO)c2cccc(Cl)c2)c1. The van der Waals surface area contributed by atoms with Crippen molar-refractivity contribution in [1.82, 2.24) is 19.9 Å². The van der Waals surface area contributed by atoms with Gasteiger partial charge in [0.25, 0.3) is 5.91 Å². The number of carbonyl (C=O) groups excluding carboxylic acids is 1. The molecule has 0 aliphatic carbocycles. The molecular formula is C22H24ClN5O3. The third-order valence-electron chi connectivity index (χ3n) is 5.15. The zero-order valence-corrected chi connectivity index (χ0v) is 17.8. The molecule has 2 aromatic heterocycles. The summed E-state index contributed by atoms with van der Waals surface area (Å²) < 4.78 is 7.17. The first-order chi connectivity index (χ1) is 15.0. The fourth-order valence-electron chi connectivity index (χ4n) is 3.46. The minimum absolute atomic E-state index is 0.198. The molecule has 4 rings (SSSR count). The van der Waals surface area contributed by atoms with Gasteiger partial charge in [-0.05, 0) is 37.1 Å². The van der Waals surface area contributed by atoms with E-state index in [1.165, 1.54) is 0 Å². The average molecular weight is 442 g/mol. The quantitative estimate of drug-likeness (QED) is 0.521. The first kappa shape index (κ1) is 21.3. The lowest BCUT2D eigenvalue weighted by molar-refractivity contribution is 0.0916. The Bertz CT molecular complexity index is 1060. The van der Waals surface area contributed by atoms with E-state index in [2.05, 4.69) is 20.6 Å². The lowest BCUT2D eigenvalue weighted by atomic mass is 10.1. The van der Waals surface area contributed by atoms with Crippen LogP contribution in [-0.2, 0) is 4.74 Å². The number of nitrogens with one attached hydrogen (secondary N) is 2. The number of nitrogens with zero attached hydrogens (tertiary/aromatic N) is 3. The van der Waals surface area contributed by atoms with Gasteiger partial charge in [0, 0.05) is 35.8 Å². The van der Waals surface area contributed by atoms with E-state index < -0.39 is 6.04 Å². The molecule has 3 N–H and O–H groups in total. The highest BCUT2D eigenvalue weighted by Crippen LogP contribution is 2.20. The molecule has 0 bridgehead atoms. The maximum Gasteiger partial charge on any atom is 0.253 e. The van der Waals surface area contributed by atoms with Crippen LogP contribution in [0.3, 0.4) is 0 Å². The topological polar surface area (TPSA) is 101 Å². The second kappa shape index (κ2) is 9.47.